The molecule has 0 saturated carbocycles. The topological polar surface area (TPSA) is 88.1 Å². The van der Waals surface area contributed by atoms with Crippen LogP contribution in [0.15, 0.2) is 84.2 Å². The van der Waals surface area contributed by atoms with E-state index in [1.807, 2.05) is 98.1 Å². The highest BCUT2D eigenvalue weighted by Gasteiger charge is 2.35. The SMILES string of the molecule is CCC1C(=O)NC(n2nc(-c3cccs3)cc2NC(=O)C(c2ccccc2)c2ccccc2)NC1C. The van der Waals surface area contributed by atoms with Gasteiger partial charge in [0.2, 0.25) is 11.8 Å². The van der Waals surface area contributed by atoms with Crippen LogP contribution in [-0.2, 0) is 9.59 Å². The maximum atomic E-state index is 13.8. The van der Waals surface area contributed by atoms with Crippen molar-refractivity contribution in [2.45, 2.75) is 38.5 Å². The maximum Gasteiger partial charge on any atom is 0.237 e. The van der Waals surface area contributed by atoms with Gasteiger partial charge >= 0.3 is 0 Å². The van der Waals surface area contributed by atoms with Crippen LogP contribution in [0.25, 0.3) is 10.6 Å². The van der Waals surface area contributed by atoms with E-state index in [1.165, 1.54) is 0 Å². The number of aromatic nitrogens is 2. The fourth-order valence-corrected chi connectivity index (χ4v) is 5.44. The van der Waals surface area contributed by atoms with E-state index in [1.54, 1.807) is 16.0 Å². The van der Waals surface area contributed by atoms with Gasteiger partial charge in [0.1, 0.15) is 11.5 Å². The van der Waals surface area contributed by atoms with E-state index in [-0.39, 0.29) is 23.8 Å². The van der Waals surface area contributed by atoms with Gasteiger partial charge in [0.15, 0.2) is 6.29 Å². The number of carbonyl (C=O) groups excluding carboxylic acids is 2. The predicted molar refractivity (Wildman–Crippen MR) is 142 cm³/mol. The van der Waals surface area contributed by atoms with Gasteiger partial charge in [-0.25, -0.2) is 4.68 Å². The Bertz CT molecular complexity index is 1280. The van der Waals surface area contributed by atoms with Crippen LogP contribution >= 0.6 is 11.3 Å². The molecule has 3 atom stereocenters. The minimum atomic E-state index is -0.578. The molecule has 0 radical (unpaired) electrons. The first-order chi connectivity index (χ1) is 17.5. The molecule has 0 aliphatic carbocycles. The highest BCUT2D eigenvalue weighted by molar-refractivity contribution is 7.13. The second-order valence-corrected chi connectivity index (χ2v) is 9.91. The Balaban J connectivity index is 1.51. The molecule has 7 nitrogen and oxygen atoms in total. The van der Waals surface area contributed by atoms with E-state index < -0.39 is 12.2 Å². The average Bonchev–Trinajstić information content (AvgIpc) is 3.56. The molecule has 5 rings (SSSR count). The summed E-state index contributed by atoms with van der Waals surface area (Å²) in [7, 11) is 0. The number of rotatable bonds is 7. The third-order valence-electron chi connectivity index (χ3n) is 6.61. The zero-order valence-electron chi connectivity index (χ0n) is 20.2. The fourth-order valence-electron chi connectivity index (χ4n) is 4.76. The molecule has 8 heteroatoms. The van der Waals surface area contributed by atoms with Crippen LogP contribution in [0.2, 0.25) is 0 Å². The van der Waals surface area contributed by atoms with Crippen LogP contribution in [0.5, 0.6) is 0 Å². The predicted octanol–water partition coefficient (Wildman–Crippen LogP) is 4.97. The van der Waals surface area contributed by atoms with Crippen molar-refractivity contribution in [2.24, 2.45) is 5.92 Å². The Morgan fingerprint density at radius 3 is 2.28 bits per heavy atom. The summed E-state index contributed by atoms with van der Waals surface area (Å²) >= 11 is 1.57. The van der Waals surface area contributed by atoms with Gasteiger partial charge in [-0.15, -0.1) is 11.3 Å². The van der Waals surface area contributed by atoms with E-state index in [0.717, 1.165) is 28.1 Å². The Morgan fingerprint density at radius 2 is 1.72 bits per heavy atom. The molecule has 2 aromatic heterocycles. The summed E-state index contributed by atoms with van der Waals surface area (Å²) in [5.74, 6) is -0.302. The van der Waals surface area contributed by atoms with Crippen LogP contribution in [-0.4, -0.2) is 27.6 Å². The summed E-state index contributed by atoms with van der Waals surface area (Å²) in [6.07, 6.45) is 0.164. The molecule has 1 aliphatic heterocycles. The van der Waals surface area contributed by atoms with Gasteiger partial charge in [-0.1, -0.05) is 73.7 Å². The summed E-state index contributed by atoms with van der Waals surface area (Å²) in [5.41, 5.74) is 2.53. The number of thiophene rings is 1. The summed E-state index contributed by atoms with van der Waals surface area (Å²) in [6.45, 7) is 4.01. The molecule has 3 unspecified atom stereocenters. The molecule has 3 N–H and O–H groups in total. The van der Waals surface area contributed by atoms with Gasteiger partial charge in [-0.3, -0.25) is 14.9 Å². The van der Waals surface area contributed by atoms with E-state index in [2.05, 4.69) is 16.0 Å². The molecule has 2 amide bonds. The standard InChI is InChI=1S/C28H29N5O2S/c1-3-21-18(2)29-28(31-26(21)34)33-24(17-22(32-33)23-15-10-16-36-23)30-27(35)25(19-11-6-4-7-12-19)20-13-8-5-9-14-20/h4-18,21,25,28-29H,3H2,1-2H3,(H,30,35)(H,31,34). The molecule has 4 aromatic rings. The summed E-state index contributed by atoms with van der Waals surface area (Å²) in [5, 5.41) is 16.4. The lowest BCUT2D eigenvalue weighted by atomic mass is 9.90. The van der Waals surface area contributed by atoms with Crippen LogP contribution in [0, 0.1) is 5.92 Å². The van der Waals surface area contributed by atoms with Crippen molar-refractivity contribution in [3.63, 3.8) is 0 Å². The van der Waals surface area contributed by atoms with Gasteiger partial charge in [0.25, 0.3) is 0 Å². The zero-order chi connectivity index (χ0) is 25.1. The number of nitrogens with one attached hydrogen (secondary N) is 3. The lowest BCUT2D eigenvalue weighted by molar-refractivity contribution is -0.130. The van der Waals surface area contributed by atoms with Crippen molar-refractivity contribution >= 4 is 29.0 Å². The number of nitrogens with zero attached hydrogens (tertiary/aromatic N) is 2. The fraction of sp³-hybridized carbons (Fsp3) is 0.250. The highest BCUT2D eigenvalue weighted by Crippen LogP contribution is 2.31. The molecule has 36 heavy (non-hydrogen) atoms. The largest absolute Gasteiger partial charge is 0.322 e. The zero-order valence-corrected chi connectivity index (χ0v) is 21.0. The molecule has 1 fully saturated rings. The Kier molecular flexibility index (Phi) is 6.97. The molecule has 1 aliphatic rings. The molecule has 2 aromatic carbocycles. The normalized spacial score (nSPS) is 19.8. The summed E-state index contributed by atoms with van der Waals surface area (Å²) in [6, 6.07) is 25.2. The first-order valence-corrected chi connectivity index (χ1v) is 13.0. The molecule has 0 bridgehead atoms. The quantitative estimate of drug-likeness (QED) is 0.335. The molecular formula is C28H29N5O2S. The maximum absolute atomic E-state index is 13.8. The Morgan fingerprint density at radius 1 is 1.06 bits per heavy atom. The minimum Gasteiger partial charge on any atom is -0.322 e. The molecule has 0 spiro atoms. The number of carbonyl (C=O) groups is 2. The lowest BCUT2D eigenvalue weighted by Gasteiger charge is -2.35. The monoisotopic (exact) mass is 499 g/mol. The van der Waals surface area contributed by atoms with E-state index in [0.29, 0.717) is 5.82 Å². The van der Waals surface area contributed by atoms with Gasteiger partial charge in [-0.2, -0.15) is 5.10 Å². The van der Waals surface area contributed by atoms with Crippen LogP contribution < -0.4 is 16.0 Å². The third-order valence-corrected chi connectivity index (χ3v) is 7.51. The second-order valence-electron chi connectivity index (χ2n) is 8.96. The van der Waals surface area contributed by atoms with Crippen LogP contribution in [0.1, 0.15) is 43.6 Å². The summed E-state index contributed by atoms with van der Waals surface area (Å²) in [4.78, 5) is 27.6. The van der Waals surface area contributed by atoms with E-state index >= 15 is 0 Å². The van der Waals surface area contributed by atoms with Crippen molar-refractivity contribution < 1.29 is 9.59 Å². The number of anilines is 1. The number of hydrogen-bond acceptors (Lipinski definition) is 5. The molecule has 184 valence electrons. The van der Waals surface area contributed by atoms with Crippen molar-refractivity contribution in [3.05, 3.63) is 95.4 Å². The number of amides is 2. The van der Waals surface area contributed by atoms with E-state index in [9.17, 15) is 9.59 Å². The first kappa shape index (κ1) is 24.0. The van der Waals surface area contributed by atoms with Crippen LogP contribution in [0.4, 0.5) is 5.82 Å². The number of hydrogen-bond donors (Lipinski definition) is 3. The number of benzene rings is 2. The third kappa shape index (κ3) is 4.82. The Hall–Kier alpha value is -3.75. The van der Waals surface area contributed by atoms with Gasteiger partial charge in [0.05, 0.1) is 16.7 Å². The van der Waals surface area contributed by atoms with Gasteiger partial charge < -0.3 is 10.6 Å². The van der Waals surface area contributed by atoms with E-state index in [4.69, 9.17) is 5.10 Å². The van der Waals surface area contributed by atoms with Gasteiger partial charge in [0, 0.05) is 12.1 Å². The molecule has 3 heterocycles. The minimum absolute atomic E-state index is 0.0225. The first-order valence-electron chi connectivity index (χ1n) is 12.2. The highest BCUT2D eigenvalue weighted by atomic mass is 32.1. The van der Waals surface area contributed by atoms with Crippen molar-refractivity contribution in [1.29, 1.82) is 0 Å². The second kappa shape index (κ2) is 10.5. The Labute approximate surface area is 214 Å². The van der Waals surface area contributed by atoms with Crippen molar-refractivity contribution in [2.75, 3.05) is 5.32 Å². The van der Waals surface area contributed by atoms with Crippen molar-refractivity contribution in [3.8, 4) is 10.6 Å². The molecule has 1 saturated heterocycles. The van der Waals surface area contributed by atoms with Crippen molar-refractivity contribution in [1.82, 2.24) is 20.4 Å². The summed E-state index contributed by atoms with van der Waals surface area (Å²) < 4.78 is 1.67. The van der Waals surface area contributed by atoms with Crippen LogP contribution in [0.3, 0.4) is 0 Å². The lowest BCUT2D eigenvalue weighted by Crippen LogP contribution is -2.57. The van der Waals surface area contributed by atoms with Gasteiger partial charge in [-0.05, 0) is 35.9 Å². The smallest absolute Gasteiger partial charge is 0.237 e. The molecular weight excluding hydrogens is 470 g/mol. The average molecular weight is 500 g/mol.